The van der Waals surface area contributed by atoms with Crippen LogP contribution in [-0.2, 0) is 13.0 Å². The molecule has 3 aromatic rings. The number of methoxy groups -OCH3 is 2. The summed E-state index contributed by atoms with van der Waals surface area (Å²) in [5.41, 5.74) is 4.66. The van der Waals surface area contributed by atoms with Gasteiger partial charge in [0.2, 0.25) is 0 Å². The summed E-state index contributed by atoms with van der Waals surface area (Å²) in [7, 11) is 3.20. The van der Waals surface area contributed by atoms with Crippen molar-refractivity contribution in [3.05, 3.63) is 46.5 Å². The highest BCUT2D eigenvalue weighted by atomic mass is 32.1. The number of rotatable bonds is 4. The number of hydrogen-bond donors (Lipinski definition) is 0. The normalized spacial score (nSPS) is 12.1. The van der Waals surface area contributed by atoms with Crippen LogP contribution in [0.4, 0.5) is 0 Å². The largest absolute Gasteiger partial charge is 0.493 e. The number of Topliss-reactive ketones (excluding diaryl/α,β-unsaturated/α-hetero) is 1. The second-order valence-electron chi connectivity index (χ2n) is 6.36. The molecule has 1 aromatic carbocycles. The Morgan fingerprint density at radius 3 is 2.59 bits per heavy atom. The van der Waals surface area contributed by atoms with Gasteiger partial charge in [-0.15, -0.1) is 11.3 Å². The Balaban J connectivity index is 2.08. The SMILES string of the molecule is COc1cc2c(cc1OC)-c1c(C#N)c(-c3cccs3)c(C(C)=O)n1CC2. The van der Waals surface area contributed by atoms with Gasteiger partial charge in [-0.05, 0) is 35.6 Å². The van der Waals surface area contributed by atoms with Gasteiger partial charge in [0.05, 0.1) is 31.2 Å². The zero-order valence-corrected chi connectivity index (χ0v) is 16.1. The van der Waals surface area contributed by atoms with Gasteiger partial charge >= 0.3 is 0 Å². The zero-order chi connectivity index (χ0) is 19.1. The molecule has 0 saturated heterocycles. The van der Waals surface area contributed by atoms with Crippen LogP contribution in [0, 0.1) is 11.3 Å². The first-order valence-electron chi connectivity index (χ1n) is 8.57. The van der Waals surface area contributed by atoms with Crippen molar-refractivity contribution in [2.45, 2.75) is 19.9 Å². The second kappa shape index (κ2) is 6.60. The molecule has 3 heterocycles. The van der Waals surface area contributed by atoms with Crippen LogP contribution in [0.5, 0.6) is 11.5 Å². The monoisotopic (exact) mass is 378 g/mol. The molecule has 0 aliphatic carbocycles. The number of hydrogen-bond acceptors (Lipinski definition) is 5. The summed E-state index contributed by atoms with van der Waals surface area (Å²) in [6.07, 6.45) is 0.756. The van der Waals surface area contributed by atoms with Gasteiger partial charge in [0.1, 0.15) is 6.07 Å². The Labute approximate surface area is 161 Å². The Morgan fingerprint density at radius 2 is 2.00 bits per heavy atom. The Morgan fingerprint density at radius 1 is 1.26 bits per heavy atom. The number of nitrogens with zero attached hydrogens (tertiary/aromatic N) is 2. The molecular weight excluding hydrogens is 360 g/mol. The molecule has 0 radical (unpaired) electrons. The number of aryl methyl sites for hydroxylation is 1. The van der Waals surface area contributed by atoms with Crippen LogP contribution in [0.2, 0.25) is 0 Å². The number of aromatic nitrogens is 1. The predicted molar refractivity (Wildman–Crippen MR) is 105 cm³/mol. The fraction of sp³-hybridized carbons (Fsp3) is 0.238. The number of fused-ring (bicyclic) bond motifs is 3. The minimum Gasteiger partial charge on any atom is -0.493 e. The Hall–Kier alpha value is -3.04. The lowest BCUT2D eigenvalue weighted by atomic mass is 9.95. The van der Waals surface area contributed by atoms with Gasteiger partial charge in [-0.3, -0.25) is 4.79 Å². The number of carbonyl (C=O) groups excluding carboxylic acids is 1. The number of ketones is 1. The van der Waals surface area contributed by atoms with E-state index in [2.05, 4.69) is 6.07 Å². The highest BCUT2D eigenvalue weighted by Crippen LogP contribution is 2.45. The molecule has 0 bridgehead atoms. The van der Waals surface area contributed by atoms with Gasteiger partial charge in [-0.2, -0.15) is 5.26 Å². The molecule has 0 unspecified atom stereocenters. The highest BCUT2D eigenvalue weighted by Gasteiger charge is 2.31. The number of thiophene rings is 1. The fourth-order valence-electron chi connectivity index (χ4n) is 3.84. The lowest BCUT2D eigenvalue weighted by Gasteiger charge is -2.23. The first kappa shape index (κ1) is 17.4. The molecular formula is C21H18N2O3S. The van der Waals surface area contributed by atoms with E-state index in [0.717, 1.165) is 33.7 Å². The van der Waals surface area contributed by atoms with Crippen molar-refractivity contribution in [2.75, 3.05) is 14.2 Å². The maximum Gasteiger partial charge on any atom is 0.176 e. The molecule has 1 aliphatic heterocycles. The standard InChI is InChI=1S/C21H18N2O3S/c1-12(24)20-19(18-5-4-8-27-18)15(11-22)21-14-10-17(26-3)16(25-2)9-13(14)6-7-23(20)21/h4-5,8-10H,6-7H2,1-3H3. The summed E-state index contributed by atoms with van der Waals surface area (Å²) in [5, 5.41) is 12.0. The summed E-state index contributed by atoms with van der Waals surface area (Å²) in [6.45, 7) is 2.21. The van der Waals surface area contributed by atoms with Crippen LogP contribution in [-0.4, -0.2) is 24.6 Å². The fourth-order valence-corrected chi connectivity index (χ4v) is 4.62. The summed E-state index contributed by atoms with van der Waals surface area (Å²) in [4.78, 5) is 13.5. The van der Waals surface area contributed by atoms with Crippen molar-refractivity contribution in [1.29, 1.82) is 5.26 Å². The molecule has 0 atom stereocenters. The molecule has 0 N–H and O–H groups in total. The van der Waals surface area contributed by atoms with Gasteiger partial charge in [-0.25, -0.2) is 0 Å². The van der Waals surface area contributed by atoms with Crippen molar-refractivity contribution in [1.82, 2.24) is 4.57 Å². The molecule has 1 aliphatic rings. The molecule has 0 amide bonds. The van der Waals surface area contributed by atoms with Crippen molar-refractivity contribution < 1.29 is 14.3 Å². The maximum atomic E-state index is 12.5. The lowest BCUT2D eigenvalue weighted by Crippen LogP contribution is -2.15. The Bertz CT molecular complexity index is 1090. The molecule has 0 saturated carbocycles. The van der Waals surface area contributed by atoms with Crippen LogP contribution in [0.3, 0.4) is 0 Å². The molecule has 27 heavy (non-hydrogen) atoms. The maximum absolute atomic E-state index is 12.5. The van der Waals surface area contributed by atoms with Gasteiger partial charge in [0.15, 0.2) is 17.3 Å². The number of nitriles is 1. The summed E-state index contributed by atoms with van der Waals surface area (Å²) in [5.74, 6) is 1.24. The first-order valence-corrected chi connectivity index (χ1v) is 9.45. The Kier molecular flexibility index (Phi) is 4.25. The van der Waals surface area contributed by atoms with Crippen molar-refractivity contribution in [3.8, 4) is 39.3 Å². The minimum atomic E-state index is -0.0370. The van der Waals surface area contributed by atoms with E-state index < -0.39 is 0 Å². The van der Waals surface area contributed by atoms with Crippen molar-refractivity contribution in [3.63, 3.8) is 0 Å². The predicted octanol–water partition coefficient (Wildman–Crippen LogP) is 4.53. The van der Waals surface area contributed by atoms with Gasteiger partial charge in [-0.1, -0.05) is 6.07 Å². The van der Waals surface area contributed by atoms with Crippen molar-refractivity contribution >= 4 is 17.1 Å². The average molecular weight is 378 g/mol. The third kappa shape index (κ3) is 2.54. The van der Waals surface area contributed by atoms with E-state index in [1.54, 1.807) is 21.1 Å². The topological polar surface area (TPSA) is 64.2 Å². The molecule has 2 aromatic heterocycles. The number of benzene rings is 1. The minimum absolute atomic E-state index is 0.0370. The smallest absolute Gasteiger partial charge is 0.176 e. The highest BCUT2D eigenvalue weighted by molar-refractivity contribution is 7.13. The average Bonchev–Trinajstić information content (AvgIpc) is 3.31. The quantitative estimate of drug-likeness (QED) is 0.626. The van der Waals surface area contributed by atoms with Crippen LogP contribution in [0.15, 0.2) is 29.6 Å². The van der Waals surface area contributed by atoms with Crippen LogP contribution in [0.1, 0.15) is 28.5 Å². The third-order valence-corrected chi connectivity index (χ3v) is 5.83. The van der Waals surface area contributed by atoms with Crippen LogP contribution < -0.4 is 9.47 Å². The number of carbonyl (C=O) groups is 1. The van der Waals surface area contributed by atoms with E-state index in [4.69, 9.17) is 9.47 Å². The van der Waals surface area contributed by atoms with Gasteiger partial charge in [0.25, 0.3) is 0 Å². The van der Waals surface area contributed by atoms with E-state index in [9.17, 15) is 10.1 Å². The summed E-state index contributed by atoms with van der Waals surface area (Å²) < 4.78 is 12.9. The summed E-state index contributed by atoms with van der Waals surface area (Å²) >= 11 is 1.53. The molecule has 5 nitrogen and oxygen atoms in total. The van der Waals surface area contributed by atoms with E-state index in [0.29, 0.717) is 29.3 Å². The first-order chi connectivity index (χ1) is 13.1. The molecule has 136 valence electrons. The lowest BCUT2D eigenvalue weighted by molar-refractivity contribution is 0.100. The second-order valence-corrected chi connectivity index (χ2v) is 7.31. The van der Waals surface area contributed by atoms with Gasteiger partial charge in [0, 0.05) is 29.5 Å². The van der Waals surface area contributed by atoms with E-state index in [1.807, 2.05) is 34.2 Å². The van der Waals surface area contributed by atoms with Crippen LogP contribution in [0.25, 0.3) is 21.7 Å². The molecule has 0 spiro atoms. The van der Waals surface area contributed by atoms with Crippen LogP contribution >= 0.6 is 11.3 Å². The summed E-state index contributed by atoms with van der Waals surface area (Å²) in [6, 6.07) is 10.1. The number of ether oxygens (including phenoxy) is 2. The molecule has 6 heteroatoms. The van der Waals surface area contributed by atoms with Crippen molar-refractivity contribution in [2.24, 2.45) is 0 Å². The van der Waals surface area contributed by atoms with E-state index in [-0.39, 0.29) is 5.78 Å². The van der Waals surface area contributed by atoms with E-state index >= 15 is 0 Å². The molecule has 4 rings (SSSR count). The van der Waals surface area contributed by atoms with Gasteiger partial charge < -0.3 is 14.0 Å². The molecule has 0 fully saturated rings. The van der Waals surface area contributed by atoms with E-state index in [1.165, 1.54) is 11.3 Å². The zero-order valence-electron chi connectivity index (χ0n) is 15.3. The third-order valence-electron chi connectivity index (χ3n) is 4.95.